The zero-order valence-electron chi connectivity index (χ0n) is 15.8. The van der Waals surface area contributed by atoms with Crippen molar-refractivity contribution in [3.8, 4) is 11.4 Å². The minimum absolute atomic E-state index is 0.476. The van der Waals surface area contributed by atoms with Gasteiger partial charge in [0.1, 0.15) is 5.82 Å². The lowest BCUT2D eigenvalue weighted by Gasteiger charge is -2.35. The average molecular weight is 387 g/mol. The molecule has 0 saturated carbocycles. The van der Waals surface area contributed by atoms with Gasteiger partial charge in [-0.25, -0.2) is 0 Å². The first-order chi connectivity index (χ1) is 13.2. The average Bonchev–Trinajstić information content (AvgIpc) is 3.34. The Hall–Kier alpha value is -2.03. The van der Waals surface area contributed by atoms with Crippen LogP contribution < -0.4 is 5.32 Å². The number of rotatable bonds is 7. The third-order valence-electron chi connectivity index (χ3n) is 4.87. The third-order valence-corrected chi connectivity index (χ3v) is 5.55. The first-order valence-electron chi connectivity index (χ1n) is 9.51. The zero-order chi connectivity index (χ0) is 18.6. The molecule has 4 heterocycles. The van der Waals surface area contributed by atoms with Gasteiger partial charge in [-0.3, -0.25) is 4.90 Å². The highest BCUT2D eigenvalue weighted by atomic mass is 32.1. The van der Waals surface area contributed by atoms with E-state index in [0.717, 1.165) is 62.1 Å². The van der Waals surface area contributed by atoms with E-state index in [1.165, 1.54) is 0 Å². The fraction of sp³-hybridized carbons (Fsp3) is 0.526. The zero-order valence-corrected chi connectivity index (χ0v) is 16.7. The van der Waals surface area contributed by atoms with E-state index in [1.54, 1.807) is 11.3 Å². The summed E-state index contributed by atoms with van der Waals surface area (Å²) in [5, 5.41) is 20.9. The maximum atomic E-state index is 5.51. The van der Waals surface area contributed by atoms with Crippen LogP contribution in [0.25, 0.3) is 17.0 Å². The number of hydrogen-bond acceptors (Lipinski definition) is 7. The highest BCUT2D eigenvalue weighted by Gasteiger charge is 2.22. The van der Waals surface area contributed by atoms with Crippen LogP contribution in [0.15, 0.2) is 29.0 Å². The molecule has 1 N–H and O–H groups in total. The lowest BCUT2D eigenvalue weighted by atomic mass is 10.0. The summed E-state index contributed by atoms with van der Waals surface area (Å²) < 4.78 is 7.33. The van der Waals surface area contributed by atoms with Gasteiger partial charge in [0, 0.05) is 36.6 Å². The molecule has 1 atom stereocenters. The Bertz CT molecular complexity index is 856. The van der Waals surface area contributed by atoms with E-state index in [2.05, 4.69) is 39.6 Å². The summed E-state index contributed by atoms with van der Waals surface area (Å²) in [6, 6.07) is 6.46. The second kappa shape index (κ2) is 8.33. The SMILES string of the molecule is CC(C)CC(CNc1ccc2nnc(-c3ccsc3)n2n1)N1CCOCC1. The maximum absolute atomic E-state index is 5.51. The van der Waals surface area contributed by atoms with Crippen molar-refractivity contribution < 1.29 is 4.74 Å². The van der Waals surface area contributed by atoms with Crippen molar-refractivity contribution in [2.75, 3.05) is 38.2 Å². The lowest BCUT2D eigenvalue weighted by molar-refractivity contribution is 0.0150. The second-order valence-electron chi connectivity index (χ2n) is 7.34. The monoisotopic (exact) mass is 386 g/mol. The molecule has 1 unspecified atom stereocenters. The van der Waals surface area contributed by atoms with Gasteiger partial charge in [-0.15, -0.1) is 15.3 Å². The number of morpholine rings is 1. The Balaban J connectivity index is 1.50. The summed E-state index contributed by atoms with van der Waals surface area (Å²) in [5.41, 5.74) is 1.80. The van der Waals surface area contributed by atoms with Crippen molar-refractivity contribution in [3.63, 3.8) is 0 Å². The van der Waals surface area contributed by atoms with Gasteiger partial charge in [0.25, 0.3) is 0 Å². The molecule has 1 saturated heterocycles. The minimum atomic E-state index is 0.476. The Morgan fingerprint density at radius 2 is 2.04 bits per heavy atom. The molecule has 0 radical (unpaired) electrons. The van der Waals surface area contributed by atoms with Crippen molar-refractivity contribution in [1.29, 1.82) is 0 Å². The van der Waals surface area contributed by atoms with Crippen LogP contribution >= 0.6 is 11.3 Å². The summed E-state index contributed by atoms with van der Waals surface area (Å²) in [4.78, 5) is 2.53. The van der Waals surface area contributed by atoms with E-state index in [4.69, 9.17) is 9.84 Å². The van der Waals surface area contributed by atoms with Gasteiger partial charge in [0.15, 0.2) is 11.5 Å². The Morgan fingerprint density at radius 3 is 2.78 bits per heavy atom. The van der Waals surface area contributed by atoms with Gasteiger partial charge in [0.2, 0.25) is 0 Å². The van der Waals surface area contributed by atoms with E-state index < -0.39 is 0 Å². The molecule has 1 aliphatic rings. The standard InChI is InChI=1S/C19H26N6OS/c1-14(2)11-16(24-6-8-26-9-7-24)12-20-17-3-4-18-21-22-19(25(18)23-17)15-5-10-27-13-15/h3-5,10,13-14,16H,6-9,11-12H2,1-2H3,(H,20,23). The molecule has 8 heteroatoms. The van der Waals surface area contributed by atoms with E-state index in [9.17, 15) is 0 Å². The number of fused-ring (bicyclic) bond motifs is 1. The number of ether oxygens (including phenoxy) is 1. The van der Waals surface area contributed by atoms with Gasteiger partial charge in [-0.05, 0) is 35.9 Å². The highest BCUT2D eigenvalue weighted by Crippen LogP contribution is 2.21. The summed E-state index contributed by atoms with van der Waals surface area (Å²) in [7, 11) is 0. The van der Waals surface area contributed by atoms with Crippen LogP contribution in [0.1, 0.15) is 20.3 Å². The molecule has 144 valence electrons. The third kappa shape index (κ3) is 4.28. The van der Waals surface area contributed by atoms with Crippen molar-refractivity contribution in [2.24, 2.45) is 5.92 Å². The van der Waals surface area contributed by atoms with Crippen LogP contribution in [0.4, 0.5) is 5.82 Å². The Morgan fingerprint density at radius 1 is 1.19 bits per heavy atom. The van der Waals surface area contributed by atoms with Crippen LogP contribution in [-0.2, 0) is 4.74 Å². The molecule has 0 aromatic carbocycles. The topological polar surface area (TPSA) is 67.6 Å². The van der Waals surface area contributed by atoms with Crippen LogP contribution in [0, 0.1) is 5.92 Å². The first kappa shape index (κ1) is 18.3. The van der Waals surface area contributed by atoms with Crippen molar-refractivity contribution in [2.45, 2.75) is 26.3 Å². The number of nitrogens with one attached hydrogen (secondary N) is 1. The molecule has 0 amide bonds. The largest absolute Gasteiger partial charge is 0.379 e. The molecule has 1 aliphatic heterocycles. The van der Waals surface area contributed by atoms with E-state index in [0.29, 0.717) is 12.0 Å². The predicted octanol–water partition coefficient (Wildman–Crippen LogP) is 3.01. The summed E-state index contributed by atoms with van der Waals surface area (Å²) in [5.74, 6) is 2.28. The number of aromatic nitrogens is 4. The van der Waals surface area contributed by atoms with Crippen molar-refractivity contribution in [3.05, 3.63) is 29.0 Å². The number of hydrogen-bond donors (Lipinski definition) is 1. The second-order valence-corrected chi connectivity index (χ2v) is 8.12. The quantitative estimate of drug-likeness (QED) is 0.673. The smallest absolute Gasteiger partial charge is 0.186 e. The fourth-order valence-corrected chi connectivity index (χ4v) is 4.16. The predicted molar refractivity (Wildman–Crippen MR) is 108 cm³/mol. The molecular formula is C19H26N6OS. The van der Waals surface area contributed by atoms with Crippen molar-refractivity contribution >= 4 is 22.8 Å². The molecule has 3 aromatic heterocycles. The molecule has 0 bridgehead atoms. The Labute approximate surface area is 163 Å². The molecule has 0 spiro atoms. The van der Waals surface area contributed by atoms with Gasteiger partial charge in [-0.1, -0.05) is 13.8 Å². The van der Waals surface area contributed by atoms with E-state index >= 15 is 0 Å². The normalized spacial score (nSPS) is 16.9. The van der Waals surface area contributed by atoms with Gasteiger partial charge in [0.05, 0.1) is 13.2 Å². The highest BCUT2D eigenvalue weighted by molar-refractivity contribution is 7.08. The van der Waals surface area contributed by atoms with Crippen molar-refractivity contribution in [1.82, 2.24) is 24.7 Å². The summed E-state index contributed by atoms with van der Waals surface area (Å²) in [6.07, 6.45) is 1.15. The summed E-state index contributed by atoms with van der Waals surface area (Å²) >= 11 is 1.65. The number of anilines is 1. The summed E-state index contributed by atoms with van der Waals surface area (Å²) in [6.45, 7) is 9.07. The number of thiophene rings is 1. The molecular weight excluding hydrogens is 360 g/mol. The molecule has 7 nitrogen and oxygen atoms in total. The van der Waals surface area contributed by atoms with Gasteiger partial charge < -0.3 is 10.1 Å². The fourth-order valence-electron chi connectivity index (χ4n) is 3.53. The van der Waals surface area contributed by atoms with Gasteiger partial charge in [-0.2, -0.15) is 15.9 Å². The molecule has 0 aliphatic carbocycles. The lowest BCUT2D eigenvalue weighted by Crippen LogP contribution is -2.47. The molecule has 3 aromatic rings. The minimum Gasteiger partial charge on any atom is -0.379 e. The van der Waals surface area contributed by atoms with Crippen LogP contribution in [0.2, 0.25) is 0 Å². The molecule has 27 heavy (non-hydrogen) atoms. The van der Waals surface area contributed by atoms with E-state index in [-0.39, 0.29) is 0 Å². The Kier molecular flexibility index (Phi) is 5.66. The van der Waals surface area contributed by atoms with Crippen LogP contribution in [0.5, 0.6) is 0 Å². The first-order valence-corrected chi connectivity index (χ1v) is 10.5. The van der Waals surface area contributed by atoms with Crippen LogP contribution in [-0.4, -0.2) is 63.6 Å². The number of nitrogens with zero attached hydrogens (tertiary/aromatic N) is 5. The van der Waals surface area contributed by atoms with E-state index in [1.807, 2.05) is 28.1 Å². The van der Waals surface area contributed by atoms with Gasteiger partial charge >= 0.3 is 0 Å². The molecule has 4 rings (SSSR count). The maximum Gasteiger partial charge on any atom is 0.186 e. The molecule has 1 fully saturated rings. The van der Waals surface area contributed by atoms with Crippen LogP contribution in [0.3, 0.4) is 0 Å².